The second-order valence-electron chi connectivity index (χ2n) is 5.61. The van der Waals surface area contributed by atoms with Crippen molar-refractivity contribution in [1.29, 1.82) is 0 Å². The molecule has 1 aliphatic heterocycles. The van der Waals surface area contributed by atoms with Crippen molar-refractivity contribution < 1.29 is 0 Å². The third-order valence-corrected chi connectivity index (χ3v) is 4.01. The van der Waals surface area contributed by atoms with E-state index in [-0.39, 0.29) is 0 Å². The van der Waals surface area contributed by atoms with Crippen LogP contribution < -0.4 is 10.6 Å². The molecule has 0 unspecified atom stereocenters. The van der Waals surface area contributed by atoms with Crippen LogP contribution in [0, 0.1) is 13.8 Å². The molecule has 1 fully saturated rings. The summed E-state index contributed by atoms with van der Waals surface area (Å²) in [5, 5.41) is 0. The smallest absolute Gasteiger partial charge is 0.0399 e. The molecule has 1 saturated heterocycles. The topological polar surface area (TPSA) is 32.5 Å². The normalized spacial score (nSPS) is 16.9. The van der Waals surface area contributed by atoms with Gasteiger partial charge >= 0.3 is 0 Å². The van der Waals surface area contributed by atoms with E-state index >= 15 is 0 Å². The van der Waals surface area contributed by atoms with Crippen LogP contribution in [-0.2, 0) is 0 Å². The number of hydrogen-bond acceptors (Lipinski definition) is 3. The minimum atomic E-state index is 0.822. The minimum absolute atomic E-state index is 0.822. The minimum Gasteiger partial charge on any atom is -0.369 e. The molecule has 3 nitrogen and oxygen atoms in total. The molecule has 106 valence electrons. The average Bonchev–Trinajstić information content (AvgIpc) is 2.43. The largest absolute Gasteiger partial charge is 0.369 e. The summed E-state index contributed by atoms with van der Waals surface area (Å²) in [7, 11) is 0. The summed E-state index contributed by atoms with van der Waals surface area (Å²) >= 11 is 0. The summed E-state index contributed by atoms with van der Waals surface area (Å²) < 4.78 is 0. The highest BCUT2D eigenvalue weighted by Gasteiger charge is 2.17. The zero-order valence-electron chi connectivity index (χ0n) is 12.4. The Morgan fingerprint density at radius 3 is 2.47 bits per heavy atom. The van der Waals surface area contributed by atoms with Gasteiger partial charge in [0.25, 0.3) is 0 Å². The van der Waals surface area contributed by atoms with E-state index in [4.69, 9.17) is 5.73 Å². The monoisotopic (exact) mass is 261 g/mol. The lowest BCUT2D eigenvalue weighted by Gasteiger charge is -2.37. The van der Waals surface area contributed by atoms with Gasteiger partial charge in [-0.3, -0.25) is 4.90 Å². The summed E-state index contributed by atoms with van der Waals surface area (Å²) in [5.41, 5.74) is 9.71. The Kier molecular flexibility index (Phi) is 5.23. The van der Waals surface area contributed by atoms with Crippen molar-refractivity contribution in [2.45, 2.75) is 26.7 Å². The summed E-state index contributed by atoms with van der Waals surface area (Å²) in [4.78, 5) is 5.10. The number of piperazine rings is 1. The number of aryl methyl sites for hydroxylation is 2. The van der Waals surface area contributed by atoms with Crippen LogP contribution in [0.2, 0.25) is 0 Å². The zero-order valence-corrected chi connectivity index (χ0v) is 12.4. The summed E-state index contributed by atoms with van der Waals surface area (Å²) in [5.74, 6) is 0. The van der Waals surface area contributed by atoms with Crippen molar-refractivity contribution in [3.63, 3.8) is 0 Å². The van der Waals surface area contributed by atoms with Crippen LogP contribution in [-0.4, -0.2) is 44.2 Å². The first kappa shape index (κ1) is 14.4. The maximum absolute atomic E-state index is 5.55. The number of rotatable bonds is 5. The van der Waals surface area contributed by atoms with Crippen LogP contribution in [0.15, 0.2) is 18.2 Å². The molecule has 0 bridgehead atoms. The quantitative estimate of drug-likeness (QED) is 0.825. The van der Waals surface area contributed by atoms with Crippen molar-refractivity contribution in [1.82, 2.24) is 4.90 Å². The molecule has 1 aromatic carbocycles. The molecule has 0 aliphatic carbocycles. The van der Waals surface area contributed by atoms with E-state index in [2.05, 4.69) is 41.8 Å². The van der Waals surface area contributed by atoms with Crippen molar-refractivity contribution in [3.8, 4) is 0 Å². The molecule has 0 amide bonds. The number of unbranched alkanes of at least 4 members (excludes halogenated alkanes) is 1. The van der Waals surface area contributed by atoms with E-state index in [1.165, 1.54) is 42.9 Å². The Bertz CT molecular complexity index is 395. The van der Waals surface area contributed by atoms with Crippen LogP contribution in [0.25, 0.3) is 0 Å². The second-order valence-corrected chi connectivity index (χ2v) is 5.61. The van der Waals surface area contributed by atoms with Crippen LogP contribution >= 0.6 is 0 Å². The van der Waals surface area contributed by atoms with E-state index in [0.29, 0.717) is 0 Å². The molecular formula is C16H27N3. The lowest BCUT2D eigenvalue weighted by Crippen LogP contribution is -2.46. The summed E-state index contributed by atoms with van der Waals surface area (Å²) in [6.45, 7) is 11.1. The maximum atomic E-state index is 5.55. The Balaban J connectivity index is 1.87. The van der Waals surface area contributed by atoms with Gasteiger partial charge in [0.2, 0.25) is 0 Å². The predicted molar refractivity (Wildman–Crippen MR) is 82.9 cm³/mol. The molecule has 2 N–H and O–H groups in total. The van der Waals surface area contributed by atoms with Crippen molar-refractivity contribution in [2.75, 3.05) is 44.2 Å². The van der Waals surface area contributed by atoms with E-state index < -0.39 is 0 Å². The highest BCUT2D eigenvalue weighted by atomic mass is 15.3. The number of hydrogen-bond donors (Lipinski definition) is 1. The van der Waals surface area contributed by atoms with Gasteiger partial charge in [-0.2, -0.15) is 0 Å². The fraction of sp³-hybridized carbons (Fsp3) is 0.625. The maximum Gasteiger partial charge on any atom is 0.0399 e. The summed E-state index contributed by atoms with van der Waals surface area (Å²) in [6, 6.07) is 6.75. The fourth-order valence-electron chi connectivity index (χ4n) is 2.75. The number of nitrogens with two attached hydrogens (primary N) is 1. The molecule has 0 spiro atoms. The molecule has 1 heterocycles. The van der Waals surface area contributed by atoms with Crippen molar-refractivity contribution >= 4 is 5.69 Å². The van der Waals surface area contributed by atoms with Gasteiger partial charge in [-0.1, -0.05) is 12.1 Å². The fourth-order valence-corrected chi connectivity index (χ4v) is 2.75. The number of nitrogens with zero attached hydrogens (tertiary/aromatic N) is 2. The third kappa shape index (κ3) is 3.95. The van der Waals surface area contributed by atoms with Crippen LogP contribution in [0.1, 0.15) is 24.0 Å². The second kappa shape index (κ2) is 6.92. The van der Waals surface area contributed by atoms with Crippen LogP contribution in [0.5, 0.6) is 0 Å². The van der Waals surface area contributed by atoms with Gasteiger partial charge in [0, 0.05) is 31.9 Å². The first-order valence-corrected chi connectivity index (χ1v) is 7.45. The van der Waals surface area contributed by atoms with Crippen molar-refractivity contribution in [3.05, 3.63) is 29.3 Å². The van der Waals surface area contributed by atoms with Crippen molar-refractivity contribution in [2.24, 2.45) is 5.73 Å². The standard InChI is InChI=1S/C16H27N3/c1-14-5-6-15(2)16(13-14)19-11-9-18(10-12-19)8-4-3-7-17/h5-6,13H,3-4,7-12,17H2,1-2H3. The highest BCUT2D eigenvalue weighted by Crippen LogP contribution is 2.22. The van der Waals surface area contributed by atoms with Crippen LogP contribution in [0.3, 0.4) is 0 Å². The number of anilines is 1. The lowest BCUT2D eigenvalue weighted by molar-refractivity contribution is 0.253. The predicted octanol–water partition coefficient (Wildman–Crippen LogP) is 2.16. The van der Waals surface area contributed by atoms with Gasteiger partial charge in [-0.05, 0) is 57.0 Å². The Labute approximate surface area is 117 Å². The molecular weight excluding hydrogens is 234 g/mol. The first-order valence-electron chi connectivity index (χ1n) is 7.45. The van der Waals surface area contributed by atoms with Gasteiger partial charge in [0.1, 0.15) is 0 Å². The molecule has 0 aromatic heterocycles. The van der Waals surface area contributed by atoms with Gasteiger partial charge in [0.15, 0.2) is 0 Å². The number of benzene rings is 1. The average molecular weight is 261 g/mol. The molecule has 1 aromatic rings. The van der Waals surface area contributed by atoms with E-state index in [9.17, 15) is 0 Å². The van der Waals surface area contributed by atoms with E-state index in [1.807, 2.05) is 0 Å². The summed E-state index contributed by atoms with van der Waals surface area (Å²) in [6.07, 6.45) is 2.39. The zero-order chi connectivity index (χ0) is 13.7. The van der Waals surface area contributed by atoms with Crippen LogP contribution in [0.4, 0.5) is 5.69 Å². The molecule has 19 heavy (non-hydrogen) atoms. The van der Waals surface area contributed by atoms with E-state index in [1.54, 1.807) is 0 Å². The SMILES string of the molecule is Cc1ccc(C)c(N2CCN(CCCCN)CC2)c1. The highest BCUT2D eigenvalue weighted by molar-refractivity contribution is 5.55. The van der Waals surface area contributed by atoms with Gasteiger partial charge < -0.3 is 10.6 Å². The van der Waals surface area contributed by atoms with E-state index in [0.717, 1.165) is 26.1 Å². The van der Waals surface area contributed by atoms with Gasteiger partial charge in [-0.25, -0.2) is 0 Å². The first-order chi connectivity index (χ1) is 9.20. The molecule has 0 atom stereocenters. The third-order valence-electron chi connectivity index (χ3n) is 4.01. The Morgan fingerprint density at radius 2 is 1.79 bits per heavy atom. The molecule has 0 saturated carbocycles. The molecule has 2 rings (SSSR count). The molecule has 3 heteroatoms. The molecule has 0 radical (unpaired) electrons. The van der Waals surface area contributed by atoms with Gasteiger partial charge in [-0.15, -0.1) is 0 Å². The lowest BCUT2D eigenvalue weighted by atomic mass is 10.1. The Hall–Kier alpha value is -1.06. The van der Waals surface area contributed by atoms with Gasteiger partial charge in [0.05, 0.1) is 0 Å². The molecule has 1 aliphatic rings. The Morgan fingerprint density at radius 1 is 1.05 bits per heavy atom.